The first kappa shape index (κ1) is 16.8. The molecule has 0 aliphatic carbocycles. The van der Waals surface area contributed by atoms with E-state index in [0.717, 1.165) is 5.56 Å². The van der Waals surface area contributed by atoms with Crippen LogP contribution in [0.15, 0.2) is 42.6 Å². The Labute approximate surface area is 138 Å². The maximum Gasteiger partial charge on any atom is 0.258 e. The molecule has 0 bridgehead atoms. The van der Waals surface area contributed by atoms with Crippen LogP contribution in [-0.2, 0) is 9.59 Å². The fourth-order valence-electron chi connectivity index (χ4n) is 1.64. The number of benzene rings is 1. The van der Waals surface area contributed by atoms with Crippen molar-refractivity contribution in [1.82, 2.24) is 10.3 Å². The number of amides is 2. The van der Waals surface area contributed by atoms with E-state index in [1.807, 2.05) is 13.0 Å². The van der Waals surface area contributed by atoms with Gasteiger partial charge in [-0.1, -0.05) is 17.7 Å². The van der Waals surface area contributed by atoms with Gasteiger partial charge in [0.05, 0.1) is 6.54 Å². The molecule has 0 aliphatic heterocycles. The molecule has 23 heavy (non-hydrogen) atoms. The van der Waals surface area contributed by atoms with E-state index in [1.54, 1.807) is 36.5 Å². The van der Waals surface area contributed by atoms with Crippen molar-refractivity contribution < 1.29 is 14.3 Å². The van der Waals surface area contributed by atoms with Crippen LogP contribution in [0.5, 0.6) is 5.75 Å². The fourth-order valence-corrected chi connectivity index (χ4v) is 1.76. The molecule has 1 heterocycles. The summed E-state index contributed by atoms with van der Waals surface area (Å²) in [7, 11) is 0. The number of carbonyl (C=O) groups excluding carboxylic acids is 2. The second-order valence-electron chi connectivity index (χ2n) is 4.79. The van der Waals surface area contributed by atoms with Crippen LogP contribution in [0.1, 0.15) is 5.56 Å². The van der Waals surface area contributed by atoms with Gasteiger partial charge < -0.3 is 15.4 Å². The number of anilines is 1. The van der Waals surface area contributed by atoms with Crippen molar-refractivity contribution >= 4 is 29.2 Å². The van der Waals surface area contributed by atoms with Crippen molar-refractivity contribution in [2.75, 3.05) is 18.5 Å². The van der Waals surface area contributed by atoms with Crippen LogP contribution >= 0.6 is 11.6 Å². The molecule has 0 unspecified atom stereocenters. The summed E-state index contributed by atoms with van der Waals surface area (Å²) in [5, 5.41) is 5.64. The van der Waals surface area contributed by atoms with E-state index in [9.17, 15) is 9.59 Å². The van der Waals surface area contributed by atoms with Crippen LogP contribution in [-0.4, -0.2) is 29.9 Å². The third-order valence-corrected chi connectivity index (χ3v) is 3.06. The molecule has 2 N–H and O–H groups in total. The van der Waals surface area contributed by atoms with E-state index in [0.29, 0.717) is 16.6 Å². The number of halogens is 1. The van der Waals surface area contributed by atoms with Gasteiger partial charge in [-0.25, -0.2) is 4.98 Å². The molecule has 0 saturated carbocycles. The zero-order valence-corrected chi connectivity index (χ0v) is 13.3. The van der Waals surface area contributed by atoms with E-state index in [-0.39, 0.29) is 19.1 Å². The minimum Gasteiger partial charge on any atom is -0.484 e. The Morgan fingerprint density at radius 2 is 1.87 bits per heavy atom. The quantitative estimate of drug-likeness (QED) is 0.849. The van der Waals surface area contributed by atoms with Gasteiger partial charge in [0.2, 0.25) is 5.91 Å². The average Bonchev–Trinajstić information content (AvgIpc) is 2.54. The Balaban J connectivity index is 1.70. The zero-order valence-electron chi connectivity index (χ0n) is 12.5. The van der Waals surface area contributed by atoms with Gasteiger partial charge in [-0.05, 0) is 42.8 Å². The molecule has 1 aromatic carbocycles. The normalized spacial score (nSPS) is 10.0. The van der Waals surface area contributed by atoms with Crippen molar-refractivity contribution in [1.29, 1.82) is 0 Å². The number of hydrogen-bond acceptors (Lipinski definition) is 4. The molecule has 0 saturated heterocycles. The lowest BCUT2D eigenvalue weighted by atomic mass is 10.3. The minimum absolute atomic E-state index is 0.154. The maximum absolute atomic E-state index is 11.7. The summed E-state index contributed by atoms with van der Waals surface area (Å²) < 4.78 is 5.27. The molecule has 7 heteroatoms. The Morgan fingerprint density at radius 1 is 1.13 bits per heavy atom. The summed E-state index contributed by atoms with van der Waals surface area (Å²) in [6.45, 7) is 1.57. The molecule has 120 valence electrons. The summed E-state index contributed by atoms with van der Waals surface area (Å²) >= 11 is 5.75. The van der Waals surface area contributed by atoms with Crippen molar-refractivity contribution in [3.05, 3.63) is 53.2 Å². The zero-order chi connectivity index (χ0) is 16.7. The van der Waals surface area contributed by atoms with Crippen LogP contribution in [0.3, 0.4) is 0 Å². The highest BCUT2D eigenvalue weighted by Gasteiger charge is 2.07. The SMILES string of the molecule is Cc1ccc(NC(=O)CNC(=O)COc2ccc(Cl)cc2)nc1. The first-order valence-corrected chi connectivity index (χ1v) is 7.28. The molecule has 0 spiro atoms. The molecule has 6 nitrogen and oxygen atoms in total. The summed E-state index contributed by atoms with van der Waals surface area (Å²) in [6, 6.07) is 10.2. The predicted octanol–water partition coefficient (Wildman–Crippen LogP) is 2.18. The Kier molecular flexibility index (Phi) is 5.94. The Hall–Kier alpha value is -2.60. The van der Waals surface area contributed by atoms with E-state index in [2.05, 4.69) is 15.6 Å². The monoisotopic (exact) mass is 333 g/mol. The number of rotatable bonds is 6. The molecule has 0 fully saturated rings. The molecule has 1 aromatic heterocycles. The van der Waals surface area contributed by atoms with Gasteiger partial charge in [-0.2, -0.15) is 0 Å². The second kappa shape index (κ2) is 8.14. The smallest absolute Gasteiger partial charge is 0.258 e. The van der Waals surface area contributed by atoms with Gasteiger partial charge >= 0.3 is 0 Å². The van der Waals surface area contributed by atoms with Crippen molar-refractivity contribution in [3.63, 3.8) is 0 Å². The highest BCUT2D eigenvalue weighted by atomic mass is 35.5. The van der Waals surface area contributed by atoms with Gasteiger partial charge in [-0.3, -0.25) is 9.59 Å². The van der Waals surface area contributed by atoms with Gasteiger partial charge in [0.1, 0.15) is 11.6 Å². The van der Waals surface area contributed by atoms with Crippen LogP contribution < -0.4 is 15.4 Å². The molecule has 0 radical (unpaired) electrons. The highest BCUT2D eigenvalue weighted by molar-refractivity contribution is 6.30. The molecule has 2 amide bonds. The third-order valence-electron chi connectivity index (χ3n) is 2.81. The highest BCUT2D eigenvalue weighted by Crippen LogP contribution is 2.15. The van der Waals surface area contributed by atoms with Gasteiger partial charge in [0, 0.05) is 11.2 Å². The second-order valence-corrected chi connectivity index (χ2v) is 5.22. The van der Waals surface area contributed by atoms with E-state index in [1.165, 1.54) is 0 Å². The van der Waals surface area contributed by atoms with E-state index < -0.39 is 5.91 Å². The summed E-state index contributed by atoms with van der Waals surface area (Å²) in [5.74, 6) is 0.207. The molecule has 0 aliphatic rings. The number of pyridine rings is 1. The number of ether oxygens (including phenoxy) is 1. The fraction of sp³-hybridized carbons (Fsp3) is 0.188. The third kappa shape index (κ3) is 5.96. The van der Waals surface area contributed by atoms with E-state index >= 15 is 0 Å². The lowest BCUT2D eigenvalue weighted by Gasteiger charge is -2.08. The lowest BCUT2D eigenvalue weighted by Crippen LogP contribution is -2.35. The van der Waals surface area contributed by atoms with Gasteiger partial charge in [0.25, 0.3) is 5.91 Å². The van der Waals surface area contributed by atoms with Gasteiger partial charge in [0.15, 0.2) is 6.61 Å². The van der Waals surface area contributed by atoms with Crippen molar-refractivity contribution in [2.45, 2.75) is 6.92 Å². The summed E-state index contributed by atoms with van der Waals surface area (Å²) in [6.07, 6.45) is 1.65. The first-order chi connectivity index (χ1) is 11.0. The lowest BCUT2D eigenvalue weighted by molar-refractivity contribution is -0.125. The van der Waals surface area contributed by atoms with Crippen molar-refractivity contribution in [2.24, 2.45) is 0 Å². The van der Waals surface area contributed by atoms with E-state index in [4.69, 9.17) is 16.3 Å². The summed E-state index contributed by atoms with van der Waals surface area (Å²) in [5.41, 5.74) is 0.996. The Morgan fingerprint density at radius 3 is 2.52 bits per heavy atom. The van der Waals surface area contributed by atoms with Gasteiger partial charge in [-0.15, -0.1) is 0 Å². The van der Waals surface area contributed by atoms with Crippen molar-refractivity contribution in [3.8, 4) is 5.75 Å². The number of nitrogens with zero attached hydrogens (tertiary/aromatic N) is 1. The molecule has 2 rings (SSSR count). The number of aryl methyl sites for hydroxylation is 1. The van der Waals surface area contributed by atoms with Crippen LogP contribution in [0, 0.1) is 6.92 Å². The molecular weight excluding hydrogens is 318 g/mol. The van der Waals surface area contributed by atoms with Crippen LogP contribution in [0.2, 0.25) is 5.02 Å². The number of carbonyl (C=O) groups is 2. The summed E-state index contributed by atoms with van der Waals surface area (Å²) in [4.78, 5) is 27.4. The minimum atomic E-state index is -0.396. The molecular formula is C16H16ClN3O3. The Bertz CT molecular complexity index is 672. The van der Waals surface area contributed by atoms with Crippen LogP contribution in [0.4, 0.5) is 5.82 Å². The average molecular weight is 334 g/mol. The molecule has 0 atom stereocenters. The standard InChI is InChI=1S/C16H16ClN3O3/c1-11-2-7-14(18-8-11)20-15(21)9-19-16(22)10-23-13-5-3-12(17)4-6-13/h2-8H,9-10H2,1H3,(H,19,22)(H,18,20,21). The number of hydrogen-bond donors (Lipinski definition) is 2. The van der Waals surface area contributed by atoms with Crippen LogP contribution in [0.25, 0.3) is 0 Å². The predicted molar refractivity (Wildman–Crippen MR) is 87.6 cm³/mol. The largest absolute Gasteiger partial charge is 0.484 e. The first-order valence-electron chi connectivity index (χ1n) is 6.90. The molecule has 2 aromatic rings. The topological polar surface area (TPSA) is 80.3 Å². The maximum atomic E-state index is 11.7. The number of aromatic nitrogens is 1. The number of nitrogens with one attached hydrogen (secondary N) is 2.